The van der Waals surface area contributed by atoms with Gasteiger partial charge < -0.3 is 5.73 Å². The molecule has 1 heterocycles. The topological polar surface area (TPSA) is 75.6 Å². The van der Waals surface area contributed by atoms with Crippen LogP contribution in [-0.4, -0.2) is 46.9 Å². The van der Waals surface area contributed by atoms with Crippen molar-refractivity contribution in [3.05, 3.63) is 33.9 Å². The average molecular weight is 292 g/mol. The molecule has 0 amide bonds. The molecule has 1 aliphatic heterocycles. The zero-order chi connectivity index (χ0) is 15.4. The first-order valence-electron chi connectivity index (χ1n) is 7.50. The van der Waals surface area contributed by atoms with Crippen LogP contribution in [0.15, 0.2) is 18.2 Å². The Morgan fingerprint density at radius 3 is 2.57 bits per heavy atom. The fourth-order valence-electron chi connectivity index (χ4n) is 2.72. The molecule has 0 aromatic heterocycles. The van der Waals surface area contributed by atoms with Crippen LogP contribution in [0.3, 0.4) is 0 Å². The number of piperazine rings is 1. The molecule has 6 nitrogen and oxygen atoms in total. The van der Waals surface area contributed by atoms with E-state index >= 15 is 0 Å². The van der Waals surface area contributed by atoms with Gasteiger partial charge in [0, 0.05) is 44.8 Å². The Balaban J connectivity index is 1.95. The average Bonchev–Trinajstić information content (AvgIpc) is 2.49. The number of nitro benzene ring substituents is 1. The Morgan fingerprint density at radius 1 is 1.33 bits per heavy atom. The largest absolute Gasteiger partial charge is 0.393 e. The van der Waals surface area contributed by atoms with Crippen molar-refractivity contribution in [3.63, 3.8) is 0 Å². The van der Waals surface area contributed by atoms with Gasteiger partial charge in [-0.2, -0.15) is 0 Å². The van der Waals surface area contributed by atoms with Crippen molar-refractivity contribution >= 4 is 11.4 Å². The SMILES string of the molecule is CCC(C)N1CCN(Cc2ccc(N)c([N+](=O)[O-])c2)CC1. The quantitative estimate of drug-likeness (QED) is 0.511. The van der Waals surface area contributed by atoms with Crippen molar-refractivity contribution in [1.82, 2.24) is 9.80 Å². The van der Waals surface area contributed by atoms with Crippen molar-refractivity contribution in [3.8, 4) is 0 Å². The molecule has 0 radical (unpaired) electrons. The fraction of sp³-hybridized carbons (Fsp3) is 0.600. The van der Waals surface area contributed by atoms with Gasteiger partial charge in [-0.3, -0.25) is 19.9 Å². The van der Waals surface area contributed by atoms with Gasteiger partial charge >= 0.3 is 0 Å². The first-order chi connectivity index (χ1) is 10.0. The summed E-state index contributed by atoms with van der Waals surface area (Å²) in [7, 11) is 0. The highest BCUT2D eigenvalue weighted by Gasteiger charge is 2.21. The molecule has 116 valence electrons. The number of hydrogen-bond acceptors (Lipinski definition) is 5. The molecule has 0 bridgehead atoms. The summed E-state index contributed by atoms with van der Waals surface area (Å²) in [6, 6.07) is 5.73. The smallest absolute Gasteiger partial charge is 0.292 e. The monoisotopic (exact) mass is 292 g/mol. The van der Waals surface area contributed by atoms with Gasteiger partial charge in [-0.15, -0.1) is 0 Å². The van der Waals surface area contributed by atoms with Gasteiger partial charge in [-0.25, -0.2) is 0 Å². The summed E-state index contributed by atoms with van der Waals surface area (Å²) in [6.07, 6.45) is 1.17. The maximum atomic E-state index is 10.9. The molecule has 1 atom stereocenters. The Labute approximate surface area is 125 Å². The minimum absolute atomic E-state index is 0.00532. The van der Waals surface area contributed by atoms with Crippen molar-refractivity contribution < 1.29 is 4.92 Å². The van der Waals surface area contributed by atoms with E-state index < -0.39 is 4.92 Å². The standard InChI is InChI=1S/C15H24N4O2/c1-3-12(2)18-8-6-17(7-9-18)11-13-4-5-14(16)15(10-13)19(20)21/h4-5,10,12H,3,6-9,11,16H2,1-2H3. The van der Waals surface area contributed by atoms with Crippen LogP contribution in [0.2, 0.25) is 0 Å². The van der Waals surface area contributed by atoms with Crippen LogP contribution >= 0.6 is 0 Å². The molecule has 1 unspecified atom stereocenters. The van der Waals surface area contributed by atoms with Crippen LogP contribution in [-0.2, 0) is 6.54 Å². The van der Waals surface area contributed by atoms with E-state index in [0.29, 0.717) is 6.04 Å². The number of nitrogens with two attached hydrogens (primary N) is 1. The van der Waals surface area contributed by atoms with Gasteiger partial charge in [0.15, 0.2) is 0 Å². The van der Waals surface area contributed by atoms with Gasteiger partial charge in [-0.1, -0.05) is 13.0 Å². The van der Waals surface area contributed by atoms with Crippen LogP contribution in [0.4, 0.5) is 11.4 Å². The van der Waals surface area contributed by atoms with Gasteiger partial charge in [0.25, 0.3) is 5.69 Å². The maximum absolute atomic E-state index is 10.9. The van der Waals surface area contributed by atoms with E-state index in [2.05, 4.69) is 23.6 Å². The van der Waals surface area contributed by atoms with Crippen molar-refractivity contribution in [2.75, 3.05) is 31.9 Å². The molecular formula is C15H24N4O2. The molecule has 0 saturated carbocycles. The van der Waals surface area contributed by atoms with Crippen LogP contribution < -0.4 is 5.73 Å². The second kappa shape index (κ2) is 6.87. The number of hydrogen-bond donors (Lipinski definition) is 1. The number of nitrogens with zero attached hydrogens (tertiary/aromatic N) is 3. The lowest BCUT2D eigenvalue weighted by Gasteiger charge is -2.37. The van der Waals surface area contributed by atoms with E-state index in [1.165, 1.54) is 6.42 Å². The third-order valence-corrected chi connectivity index (χ3v) is 4.32. The molecule has 2 rings (SSSR count). The molecule has 0 aliphatic carbocycles. The predicted molar refractivity (Wildman–Crippen MR) is 84.1 cm³/mol. The molecule has 2 N–H and O–H groups in total. The molecule has 1 aromatic carbocycles. The molecule has 1 aliphatic rings. The third-order valence-electron chi connectivity index (χ3n) is 4.32. The molecular weight excluding hydrogens is 268 g/mol. The second-order valence-corrected chi connectivity index (χ2v) is 5.72. The summed E-state index contributed by atoms with van der Waals surface area (Å²) in [5, 5.41) is 10.9. The molecule has 21 heavy (non-hydrogen) atoms. The van der Waals surface area contributed by atoms with Gasteiger partial charge in [0.05, 0.1) is 4.92 Å². The zero-order valence-electron chi connectivity index (χ0n) is 12.8. The number of rotatable bonds is 5. The van der Waals surface area contributed by atoms with E-state index in [9.17, 15) is 10.1 Å². The Morgan fingerprint density at radius 2 is 2.00 bits per heavy atom. The van der Waals surface area contributed by atoms with E-state index in [4.69, 9.17) is 5.73 Å². The van der Waals surface area contributed by atoms with Gasteiger partial charge in [-0.05, 0) is 25.0 Å². The number of benzene rings is 1. The molecule has 1 saturated heterocycles. The lowest BCUT2D eigenvalue weighted by atomic mass is 10.1. The van der Waals surface area contributed by atoms with Crippen molar-refractivity contribution in [1.29, 1.82) is 0 Å². The van der Waals surface area contributed by atoms with Gasteiger partial charge in [0.1, 0.15) is 5.69 Å². The summed E-state index contributed by atoms with van der Waals surface area (Å²) in [5.74, 6) is 0. The van der Waals surface area contributed by atoms with Crippen LogP contribution in [0.1, 0.15) is 25.8 Å². The summed E-state index contributed by atoms with van der Waals surface area (Å²) in [4.78, 5) is 15.3. The van der Waals surface area contributed by atoms with Crippen LogP contribution in [0.5, 0.6) is 0 Å². The Bertz CT molecular complexity index is 498. The summed E-state index contributed by atoms with van der Waals surface area (Å²) in [6.45, 7) is 9.35. The third kappa shape index (κ3) is 3.92. The summed E-state index contributed by atoms with van der Waals surface area (Å²) in [5.41, 5.74) is 6.81. The van der Waals surface area contributed by atoms with Gasteiger partial charge in [0.2, 0.25) is 0 Å². The van der Waals surface area contributed by atoms with E-state index in [0.717, 1.165) is 38.3 Å². The predicted octanol–water partition coefficient (Wildman–Crippen LogP) is 2.09. The fourth-order valence-corrected chi connectivity index (χ4v) is 2.72. The zero-order valence-corrected chi connectivity index (χ0v) is 12.8. The van der Waals surface area contributed by atoms with E-state index in [-0.39, 0.29) is 11.4 Å². The number of anilines is 1. The highest BCUT2D eigenvalue weighted by molar-refractivity contribution is 5.59. The first kappa shape index (κ1) is 15.7. The number of nitrogen functional groups attached to an aromatic ring is 1. The van der Waals surface area contributed by atoms with Crippen molar-refractivity contribution in [2.24, 2.45) is 0 Å². The normalized spacial score (nSPS) is 18.6. The Hall–Kier alpha value is -1.66. The minimum Gasteiger partial charge on any atom is -0.393 e. The summed E-state index contributed by atoms with van der Waals surface area (Å²) >= 11 is 0. The second-order valence-electron chi connectivity index (χ2n) is 5.72. The molecule has 0 spiro atoms. The number of nitro groups is 1. The van der Waals surface area contributed by atoms with Crippen molar-refractivity contribution in [2.45, 2.75) is 32.9 Å². The molecule has 6 heteroatoms. The first-order valence-corrected chi connectivity index (χ1v) is 7.50. The van der Waals surface area contributed by atoms with E-state index in [1.54, 1.807) is 12.1 Å². The maximum Gasteiger partial charge on any atom is 0.292 e. The lowest BCUT2D eigenvalue weighted by molar-refractivity contribution is -0.384. The highest BCUT2D eigenvalue weighted by Crippen LogP contribution is 2.23. The Kier molecular flexibility index (Phi) is 5.14. The molecule has 1 fully saturated rings. The van der Waals surface area contributed by atoms with Crippen LogP contribution in [0, 0.1) is 10.1 Å². The summed E-state index contributed by atoms with van der Waals surface area (Å²) < 4.78 is 0. The minimum atomic E-state index is -0.417. The van der Waals surface area contributed by atoms with Crippen LogP contribution in [0.25, 0.3) is 0 Å². The van der Waals surface area contributed by atoms with E-state index in [1.807, 2.05) is 6.07 Å². The highest BCUT2D eigenvalue weighted by atomic mass is 16.6. The lowest BCUT2D eigenvalue weighted by Crippen LogP contribution is -2.48. The molecule has 1 aromatic rings.